The fourth-order valence-electron chi connectivity index (χ4n) is 3.73. The lowest BCUT2D eigenvalue weighted by atomic mass is 10.1. The van der Waals surface area contributed by atoms with Gasteiger partial charge in [-0.15, -0.1) is 0 Å². The maximum atomic E-state index is 12.9. The van der Waals surface area contributed by atoms with Crippen molar-refractivity contribution in [3.05, 3.63) is 72.3 Å². The number of anilines is 1. The summed E-state index contributed by atoms with van der Waals surface area (Å²) in [4.78, 5) is 38.7. The van der Waals surface area contributed by atoms with Gasteiger partial charge in [-0.1, -0.05) is 48.5 Å². The number of carbonyl (C=O) groups excluding carboxylic acids is 3. The van der Waals surface area contributed by atoms with Gasteiger partial charge in [-0.3, -0.25) is 9.59 Å². The van der Waals surface area contributed by atoms with Gasteiger partial charge in [0.05, 0.1) is 5.69 Å². The van der Waals surface area contributed by atoms with Gasteiger partial charge in [0.25, 0.3) is 5.91 Å². The molecule has 4 amide bonds. The van der Waals surface area contributed by atoms with E-state index in [4.69, 9.17) is 0 Å². The summed E-state index contributed by atoms with van der Waals surface area (Å²) >= 11 is 0. The average molecular weight is 417 g/mol. The number of nitrogens with one attached hydrogen (secondary N) is 2. The number of phenols is 1. The Labute approximate surface area is 179 Å². The first-order valence-corrected chi connectivity index (χ1v) is 10.2. The molecule has 1 aliphatic heterocycles. The SMILES string of the molecule is O=C(CC[C@@H]1NC(=O)N(c2cccc3ccccc23)C1=O)NCCc1ccc(O)cc1. The van der Waals surface area contributed by atoms with Crippen LogP contribution in [0.15, 0.2) is 66.7 Å². The third-order valence-corrected chi connectivity index (χ3v) is 5.36. The number of benzene rings is 3. The molecule has 0 unspecified atom stereocenters. The highest BCUT2D eigenvalue weighted by Gasteiger charge is 2.39. The first-order valence-electron chi connectivity index (χ1n) is 10.2. The zero-order valence-electron chi connectivity index (χ0n) is 16.9. The molecule has 31 heavy (non-hydrogen) atoms. The summed E-state index contributed by atoms with van der Waals surface area (Å²) in [5.74, 6) is -0.323. The molecule has 3 N–H and O–H groups in total. The number of hydrogen-bond acceptors (Lipinski definition) is 4. The molecule has 0 aromatic heterocycles. The summed E-state index contributed by atoms with van der Waals surface area (Å²) in [7, 11) is 0. The van der Waals surface area contributed by atoms with Gasteiger partial charge in [-0.25, -0.2) is 9.69 Å². The highest BCUT2D eigenvalue weighted by atomic mass is 16.3. The predicted molar refractivity (Wildman–Crippen MR) is 118 cm³/mol. The van der Waals surface area contributed by atoms with E-state index in [1.165, 1.54) is 0 Å². The Morgan fingerprint density at radius 2 is 1.74 bits per heavy atom. The van der Waals surface area contributed by atoms with Crippen molar-refractivity contribution in [3.8, 4) is 5.75 Å². The highest BCUT2D eigenvalue weighted by molar-refractivity contribution is 6.24. The lowest BCUT2D eigenvalue weighted by molar-refractivity contribution is -0.121. The number of imide groups is 1. The van der Waals surface area contributed by atoms with E-state index in [-0.39, 0.29) is 30.4 Å². The van der Waals surface area contributed by atoms with Crippen molar-refractivity contribution in [2.45, 2.75) is 25.3 Å². The van der Waals surface area contributed by atoms with Gasteiger partial charge in [-0.2, -0.15) is 0 Å². The van der Waals surface area contributed by atoms with E-state index in [1.54, 1.807) is 30.3 Å². The predicted octanol–water partition coefficient (Wildman–Crippen LogP) is 3.11. The molecule has 158 valence electrons. The lowest BCUT2D eigenvalue weighted by Gasteiger charge is -2.15. The number of aromatic hydroxyl groups is 1. The second-order valence-electron chi connectivity index (χ2n) is 7.48. The van der Waals surface area contributed by atoms with Crippen molar-refractivity contribution in [3.63, 3.8) is 0 Å². The lowest BCUT2D eigenvalue weighted by Crippen LogP contribution is -2.33. The summed E-state index contributed by atoms with van der Waals surface area (Å²) in [5, 5.41) is 16.6. The fourth-order valence-corrected chi connectivity index (χ4v) is 3.73. The topological polar surface area (TPSA) is 98.7 Å². The van der Waals surface area contributed by atoms with Crippen molar-refractivity contribution in [2.75, 3.05) is 11.4 Å². The molecule has 1 heterocycles. The Bertz CT molecular complexity index is 1120. The molecule has 7 nitrogen and oxygen atoms in total. The molecule has 3 aromatic rings. The third-order valence-electron chi connectivity index (χ3n) is 5.36. The van der Waals surface area contributed by atoms with Crippen LogP contribution in [0.2, 0.25) is 0 Å². The van der Waals surface area contributed by atoms with Crippen LogP contribution in [0.25, 0.3) is 10.8 Å². The smallest absolute Gasteiger partial charge is 0.329 e. The summed E-state index contributed by atoms with van der Waals surface area (Å²) in [6.45, 7) is 0.455. The van der Waals surface area contributed by atoms with E-state index < -0.39 is 12.1 Å². The molecule has 1 aliphatic rings. The highest BCUT2D eigenvalue weighted by Crippen LogP contribution is 2.29. The second-order valence-corrected chi connectivity index (χ2v) is 7.48. The fraction of sp³-hybridized carbons (Fsp3) is 0.208. The van der Waals surface area contributed by atoms with Crippen LogP contribution in [0.3, 0.4) is 0 Å². The molecule has 0 radical (unpaired) electrons. The summed E-state index contributed by atoms with van der Waals surface area (Å²) in [6.07, 6.45) is 1.01. The van der Waals surface area contributed by atoms with Gasteiger partial charge in [0.1, 0.15) is 11.8 Å². The van der Waals surface area contributed by atoms with Crippen LogP contribution >= 0.6 is 0 Å². The van der Waals surface area contributed by atoms with E-state index in [2.05, 4.69) is 10.6 Å². The number of fused-ring (bicyclic) bond motifs is 1. The third kappa shape index (κ3) is 4.50. The zero-order valence-corrected chi connectivity index (χ0v) is 16.9. The van der Waals surface area contributed by atoms with Crippen molar-refractivity contribution in [1.29, 1.82) is 0 Å². The van der Waals surface area contributed by atoms with Crippen molar-refractivity contribution >= 4 is 34.3 Å². The standard InChI is InChI=1S/C24H23N3O4/c28-18-10-8-16(9-11-18)14-15-25-22(29)13-12-20-23(30)27(24(31)26-20)21-7-3-5-17-4-1-2-6-19(17)21/h1-11,20,28H,12-15H2,(H,25,29)(H,26,31)/t20-/m0/s1. The minimum Gasteiger partial charge on any atom is -0.508 e. The van der Waals surface area contributed by atoms with E-state index in [0.29, 0.717) is 18.7 Å². The molecule has 4 rings (SSSR count). The number of carbonyl (C=O) groups is 3. The molecule has 1 saturated heterocycles. The van der Waals surface area contributed by atoms with E-state index in [0.717, 1.165) is 21.2 Å². The molecule has 0 bridgehead atoms. The molecular weight excluding hydrogens is 394 g/mol. The molecule has 0 aliphatic carbocycles. The van der Waals surface area contributed by atoms with E-state index in [9.17, 15) is 19.5 Å². The van der Waals surface area contributed by atoms with Crippen LogP contribution in [-0.2, 0) is 16.0 Å². The minimum atomic E-state index is -0.727. The molecular formula is C24H23N3O4. The monoisotopic (exact) mass is 417 g/mol. The second kappa shape index (κ2) is 8.87. The Balaban J connectivity index is 1.32. The Kier molecular flexibility index (Phi) is 5.84. The van der Waals surface area contributed by atoms with Crippen molar-refractivity contribution in [2.24, 2.45) is 0 Å². The summed E-state index contributed by atoms with van der Waals surface area (Å²) in [5.41, 5.74) is 1.54. The molecule has 7 heteroatoms. The Hall–Kier alpha value is -3.87. The number of urea groups is 1. The van der Waals surface area contributed by atoms with Crippen LogP contribution in [0.5, 0.6) is 5.75 Å². The minimum absolute atomic E-state index is 0.135. The molecule has 0 spiro atoms. The maximum absolute atomic E-state index is 12.9. The van der Waals surface area contributed by atoms with Gasteiger partial charge in [-0.05, 0) is 42.0 Å². The van der Waals surface area contributed by atoms with E-state index in [1.807, 2.05) is 36.4 Å². The molecule has 1 atom stereocenters. The van der Waals surface area contributed by atoms with Crippen molar-refractivity contribution in [1.82, 2.24) is 10.6 Å². The van der Waals surface area contributed by atoms with Crippen LogP contribution in [0, 0.1) is 0 Å². The van der Waals surface area contributed by atoms with Gasteiger partial charge < -0.3 is 15.7 Å². The Morgan fingerprint density at radius 3 is 2.55 bits per heavy atom. The maximum Gasteiger partial charge on any atom is 0.329 e. The zero-order chi connectivity index (χ0) is 21.8. The quantitative estimate of drug-likeness (QED) is 0.515. The normalized spacial score (nSPS) is 15.9. The number of rotatable bonds is 7. The van der Waals surface area contributed by atoms with Crippen LogP contribution in [0.4, 0.5) is 10.5 Å². The van der Waals surface area contributed by atoms with E-state index >= 15 is 0 Å². The first-order chi connectivity index (χ1) is 15.0. The first kappa shape index (κ1) is 20.4. The van der Waals surface area contributed by atoms with Gasteiger partial charge >= 0.3 is 6.03 Å². The summed E-state index contributed by atoms with van der Waals surface area (Å²) in [6, 6.07) is 18.7. The van der Waals surface area contributed by atoms with Crippen LogP contribution in [-0.4, -0.2) is 35.5 Å². The molecule has 3 aromatic carbocycles. The van der Waals surface area contributed by atoms with Gasteiger partial charge in [0.2, 0.25) is 5.91 Å². The van der Waals surface area contributed by atoms with Crippen LogP contribution in [0.1, 0.15) is 18.4 Å². The van der Waals surface area contributed by atoms with Crippen molar-refractivity contribution < 1.29 is 19.5 Å². The van der Waals surface area contributed by atoms with Gasteiger partial charge in [0, 0.05) is 18.4 Å². The average Bonchev–Trinajstić information content (AvgIpc) is 3.06. The number of amides is 4. The molecule has 1 fully saturated rings. The Morgan fingerprint density at radius 1 is 1.00 bits per heavy atom. The number of hydrogen-bond donors (Lipinski definition) is 3. The molecule has 0 saturated carbocycles. The summed E-state index contributed by atoms with van der Waals surface area (Å²) < 4.78 is 0. The van der Waals surface area contributed by atoms with Gasteiger partial charge in [0.15, 0.2) is 0 Å². The number of phenolic OH excluding ortho intramolecular Hbond substituents is 1. The van der Waals surface area contributed by atoms with Crippen LogP contribution < -0.4 is 15.5 Å². The number of nitrogens with zero attached hydrogens (tertiary/aromatic N) is 1. The largest absolute Gasteiger partial charge is 0.508 e.